The minimum absolute atomic E-state index is 0.0252. The topological polar surface area (TPSA) is 75.4 Å². The summed E-state index contributed by atoms with van der Waals surface area (Å²) in [6.45, 7) is 4.18. The number of hydrogen-bond donors (Lipinski definition) is 2. The average molecular weight is 213 g/mol. The molecule has 1 aliphatic rings. The summed E-state index contributed by atoms with van der Waals surface area (Å²) in [5.41, 5.74) is 5.47. The van der Waals surface area contributed by atoms with Crippen LogP contribution in [0.5, 0.6) is 0 Å². The molecule has 1 atom stereocenters. The molecule has 0 radical (unpaired) electrons. The maximum absolute atomic E-state index is 11.8. The summed E-state index contributed by atoms with van der Waals surface area (Å²) in [5, 5.41) is 2.74. The summed E-state index contributed by atoms with van der Waals surface area (Å²) in [6, 6.07) is 0. The number of amides is 2. The summed E-state index contributed by atoms with van der Waals surface area (Å²) < 4.78 is 0. The highest BCUT2D eigenvalue weighted by atomic mass is 16.2. The number of hydrogen-bond acceptors (Lipinski definition) is 3. The molecule has 0 aromatic carbocycles. The fourth-order valence-corrected chi connectivity index (χ4v) is 1.53. The Hall–Kier alpha value is -1.10. The fourth-order valence-electron chi connectivity index (χ4n) is 1.53. The van der Waals surface area contributed by atoms with Crippen molar-refractivity contribution in [3.8, 4) is 0 Å². The van der Waals surface area contributed by atoms with Gasteiger partial charge in [-0.2, -0.15) is 0 Å². The van der Waals surface area contributed by atoms with Crippen LogP contribution in [-0.4, -0.2) is 42.9 Å². The van der Waals surface area contributed by atoms with Crippen LogP contribution in [0.25, 0.3) is 0 Å². The number of carbonyl (C=O) groups excluding carboxylic acids is 2. The molecule has 1 aliphatic heterocycles. The molecule has 0 aromatic heterocycles. The molecular weight excluding hydrogens is 194 g/mol. The monoisotopic (exact) mass is 213 g/mol. The number of nitrogens with zero attached hydrogens (tertiary/aromatic N) is 1. The molecule has 0 spiro atoms. The number of nitrogens with one attached hydrogen (secondary N) is 1. The molecular formula is C10H19N3O2. The second-order valence-electron chi connectivity index (χ2n) is 4.03. The van der Waals surface area contributed by atoms with E-state index in [1.54, 1.807) is 4.90 Å². The second kappa shape index (κ2) is 5.70. The van der Waals surface area contributed by atoms with E-state index in [1.165, 1.54) is 0 Å². The normalized spacial score (nSPS) is 19.3. The zero-order chi connectivity index (χ0) is 11.3. The molecule has 1 heterocycles. The Balaban J connectivity index is 2.41. The standard InChI is InChI=1S/C10H19N3O2/c1-8(7-11)6-10(15)13-4-2-9(14)12-3-5-13/h8H,2-7,11H2,1H3,(H,12,14). The largest absolute Gasteiger partial charge is 0.354 e. The van der Waals surface area contributed by atoms with Gasteiger partial charge in [-0.05, 0) is 12.5 Å². The van der Waals surface area contributed by atoms with Crippen LogP contribution in [0.2, 0.25) is 0 Å². The first-order valence-corrected chi connectivity index (χ1v) is 5.38. The first-order chi connectivity index (χ1) is 7.13. The summed E-state index contributed by atoms with van der Waals surface area (Å²) in [4.78, 5) is 24.6. The Morgan fingerprint density at radius 2 is 2.33 bits per heavy atom. The van der Waals surface area contributed by atoms with E-state index in [0.29, 0.717) is 39.0 Å². The van der Waals surface area contributed by atoms with E-state index in [-0.39, 0.29) is 17.7 Å². The van der Waals surface area contributed by atoms with Crippen molar-refractivity contribution in [1.29, 1.82) is 0 Å². The predicted octanol–water partition coefficient (Wildman–Crippen LogP) is -0.680. The summed E-state index contributed by atoms with van der Waals surface area (Å²) >= 11 is 0. The van der Waals surface area contributed by atoms with E-state index in [4.69, 9.17) is 5.73 Å². The quantitative estimate of drug-likeness (QED) is 0.652. The smallest absolute Gasteiger partial charge is 0.222 e. The first kappa shape index (κ1) is 12.0. The first-order valence-electron chi connectivity index (χ1n) is 5.38. The van der Waals surface area contributed by atoms with Crippen LogP contribution in [0, 0.1) is 5.92 Å². The molecule has 0 aromatic rings. The molecule has 5 heteroatoms. The van der Waals surface area contributed by atoms with Gasteiger partial charge < -0.3 is 16.0 Å². The van der Waals surface area contributed by atoms with Crippen molar-refractivity contribution >= 4 is 11.8 Å². The van der Waals surface area contributed by atoms with Gasteiger partial charge >= 0.3 is 0 Å². The third-order valence-corrected chi connectivity index (χ3v) is 2.59. The lowest BCUT2D eigenvalue weighted by Gasteiger charge is -2.21. The molecule has 0 aliphatic carbocycles. The average Bonchev–Trinajstić information content (AvgIpc) is 2.42. The lowest BCUT2D eigenvalue weighted by molar-refractivity contribution is -0.131. The summed E-state index contributed by atoms with van der Waals surface area (Å²) in [6.07, 6.45) is 0.882. The maximum Gasteiger partial charge on any atom is 0.222 e. The Kier molecular flexibility index (Phi) is 4.55. The molecule has 86 valence electrons. The minimum Gasteiger partial charge on any atom is -0.354 e. The fraction of sp³-hybridized carbons (Fsp3) is 0.800. The van der Waals surface area contributed by atoms with Crippen LogP contribution in [0.1, 0.15) is 19.8 Å². The molecule has 1 saturated heterocycles. The van der Waals surface area contributed by atoms with Gasteiger partial charge in [-0.25, -0.2) is 0 Å². The zero-order valence-corrected chi connectivity index (χ0v) is 9.16. The van der Waals surface area contributed by atoms with Gasteiger partial charge in [0, 0.05) is 32.5 Å². The molecule has 0 bridgehead atoms. The molecule has 3 N–H and O–H groups in total. The van der Waals surface area contributed by atoms with Crippen molar-refractivity contribution in [2.45, 2.75) is 19.8 Å². The Bertz CT molecular complexity index is 243. The summed E-state index contributed by atoms with van der Waals surface area (Å²) in [5.74, 6) is 0.339. The van der Waals surface area contributed by atoms with Crippen LogP contribution in [0.3, 0.4) is 0 Å². The van der Waals surface area contributed by atoms with Crippen molar-refractivity contribution in [3.63, 3.8) is 0 Å². The highest BCUT2D eigenvalue weighted by Gasteiger charge is 2.19. The lowest BCUT2D eigenvalue weighted by Crippen LogP contribution is -2.35. The van der Waals surface area contributed by atoms with Crippen LogP contribution >= 0.6 is 0 Å². The van der Waals surface area contributed by atoms with Crippen LogP contribution < -0.4 is 11.1 Å². The maximum atomic E-state index is 11.8. The molecule has 15 heavy (non-hydrogen) atoms. The zero-order valence-electron chi connectivity index (χ0n) is 9.16. The van der Waals surface area contributed by atoms with Crippen molar-refractivity contribution < 1.29 is 9.59 Å². The molecule has 1 unspecified atom stereocenters. The Labute approximate surface area is 90.0 Å². The second-order valence-corrected chi connectivity index (χ2v) is 4.03. The highest BCUT2D eigenvalue weighted by molar-refractivity contribution is 5.80. The molecule has 1 rings (SSSR count). The summed E-state index contributed by atoms with van der Waals surface area (Å²) in [7, 11) is 0. The van der Waals surface area contributed by atoms with Gasteiger partial charge in [-0.3, -0.25) is 9.59 Å². The van der Waals surface area contributed by atoms with E-state index in [2.05, 4.69) is 5.32 Å². The molecule has 1 fully saturated rings. The number of nitrogens with two attached hydrogens (primary N) is 1. The van der Waals surface area contributed by atoms with Crippen molar-refractivity contribution in [2.24, 2.45) is 11.7 Å². The minimum atomic E-state index is 0.0252. The van der Waals surface area contributed by atoms with Gasteiger partial charge in [0.1, 0.15) is 0 Å². The lowest BCUT2D eigenvalue weighted by atomic mass is 10.1. The number of carbonyl (C=O) groups is 2. The van der Waals surface area contributed by atoms with E-state index >= 15 is 0 Å². The van der Waals surface area contributed by atoms with Gasteiger partial charge in [-0.15, -0.1) is 0 Å². The van der Waals surface area contributed by atoms with E-state index in [1.807, 2.05) is 6.92 Å². The van der Waals surface area contributed by atoms with Crippen molar-refractivity contribution in [3.05, 3.63) is 0 Å². The van der Waals surface area contributed by atoms with Gasteiger partial charge in [0.25, 0.3) is 0 Å². The van der Waals surface area contributed by atoms with E-state index in [0.717, 1.165) is 0 Å². The molecule has 2 amide bonds. The van der Waals surface area contributed by atoms with Crippen LogP contribution in [0.4, 0.5) is 0 Å². The van der Waals surface area contributed by atoms with E-state index in [9.17, 15) is 9.59 Å². The van der Waals surface area contributed by atoms with Crippen LogP contribution in [0.15, 0.2) is 0 Å². The molecule has 0 saturated carbocycles. The predicted molar refractivity (Wildman–Crippen MR) is 57.0 cm³/mol. The Morgan fingerprint density at radius 3 is 3.00 bits per heavy atom. The van der Waals surface area contributed by atoms with Gasteiger partial charge in [0.15, 0.2) is 0 Å². The van der Waals surface area contributed by atoms with E-state index < -0.39 is 0 Å². The Morgan fingerprint density at radius 1 is 1.60 bits per heavy atom. The number of rotatable bonds is 3. The van der Waals surface area contributed by atoms with Crippen LogP contribution in [-0.2, 0) is 9.59 Å². The third-order valence-electron chi connectivity index (χ3n) is 2.59. The van der Waals surface area contributed by atoms with Gasteiger partial charge in [0.05, 0.1) is 0 Å². The van der Waals surface area contributed by atoms with Gasteiger partial charge in [-0.1, -0.05) is 6.92 Å². The SMILES string of the molecule is CC(CN)CC(=O)N1CCNC(=O)CC1. The highest BCUT2D eigenvalue weighted by Crippen LogP contribution is 2.05. The van der Waals surface area contributed by atoms with Gasteiger partial charge in [0.2, 0.25) is 11.8 Å². The van der Waals surface area contributed by atoms with Crippen molar-refractivity contribution in [2.75, 3.05) is 26.2 Å². The van der Waals surface area contributed by atoms with Crippen molar-refractivity contribution in [1.82, 2.24) is 10.2 Å². The third kappa shape index (κ3) is 3.87. The molecule has 5 nitrogen and oxygen atoms in total.